The van der Waals surface area contributed by atoms with Gasteiger partial charge in [0.25, 0.3) is 5.91 Å². The molecule has 0 atom stereocenters. The van der Waals surface area contributed by atoms with Gasteiger partial charge in [0.2, 0.25) is 0 Å². The lowest BCUT2D eigenvalue weighted by atomic mass is 10.1. The smallest absolute Gasteiger partial charge is 0.255 e. The molecule has 0 fully saturated rings. The normalized spacial score (nSPS) is 10.6. The highest BCUT2D eigenvalue weighted by Crippen LogP contribution is 2.15. The summed E-state index contributed by atoms with van der Waals surface area (Å²) in [6.07, 6.45) is 3.33. The molecule has 0 saturated heterocycles. The topological polar surface area (TPSA) is 56.2 Å². The highest BCUT2D eigenvalue weighted by Gasteiger charge is 2.09. The summed E-state index contributed by atoms with van der Waals surface area (Å²) in [5.74, 6) is 0.280. The number of benzene rings is 3. The van der Waals surface area contributed by atoms with Crippen LogP contribution >= 0.6 is 0 Å². The van der Waals surface area contributed by atoms with Crippen LogP contribution in [0.1, 0.15) is 21.5 Å². The van der Waals surface area contributed by atoms with Crippen LogP contribution in [0.4, 0.5) is 10.1 Å². The van der Waals surface area contributed by atoms with Gasteiger partial charge in [-0.25, -0.2) is 4.39 Å². The third-order valence-electron chi connectivity index (χ3n) is 4.49. The van der Waals surface area contributed by atoms with E-state index >= 15 is 0 Å². The van der Waals surface area contributed by atoms with Crippen molar-refractivity contribution in [1.29, 1.82) is 0 Å². The number of hydrogen-bond acceptors (Lipinski definition) is 3. The van der Waals surface area contributed by atoms with Crippen molar-refractivity contribution in [2.24, 2.45) is 0 Å². The van der Waals surface area contributed by atoms with E-state index in [1.54, 1.807) is 41.3 Å². The molecule has 150 valence electrons. The van der Waals surface area contributed by atoms with Crippen LogP contribution in [-0.2, 0) is 13.2 Å². The Labute approximate surface area is 173 Å². The lowest BCUT2D eigenvalue weighted by Gasteiger charge is -2.08. The Morgan fingerprint density at radius 1 is 0.967 bits per heavy atom. The molecule has 6 heteroatoms. The molecule has 0 radical (unpaired) electrons. The number of aromatic nitrogens is 2. The van der Waals surface area contributed by atoms with Gasteiger partial charge in [-0.2, -0.15) is 5.10 Å². The lowest BCUT2D eigenvalue weighted by molar-refractivity contribution is 0.102. The van der Waals surface area contributed by atoms with E-state index in [1.807, 2.05) is 42.5 Å². The number of halogens is 1. The van der Waals surface area contributed by atoms with Crippen molar-refractivity contribution in [2.45, 2.75) is 13.2 Å². The van der Waals surface area contributed by atoms with Crippen molar-refractivity contribution >= 4 is 11.6 Å². The summed E-state index contributed by atoms with van der Waals surface area (Å²) >= 11 is 0. The fourth-order valence-corrected chi connectivity index (χ4v) is 2.98. The third kappa shape index (κ3) is 5.11. The Balaban J connectivity index is 1.37. The van der Waals surface area contributed by atoms with Crippen LogP contribution in [0.2, 0.25) is 0 Å². The molecule has 3 aromatic carbocycles. The van der Waals surface area contributed by atoms with Gasteiger partial charge in [-0.05, 0) is 47.5 Å². The van der Waals surface area contributed by atoms with Crippen LogP contribution in [0.5, 0.6) is 5.75 Å². The van der Waals surface area contributed by atoms with Crippen LogP contribution in [0, 0.1) is 5.82 Å². The minimum atomic E-state index is -0.274. The van der Waals surface area contributed by atoms with E-state index in [0.717, 1.165) is 16.9 Å². The second-order valence-corrected chi connectivity index (χ2v) is 6.81. The first kappa shape index (κ1) is 19.4. The lowest BCUT2D eigenvalue weighted by Crippen LogP contribution is -2.12. The molecular formula is C24H20FN3O2. The molecule has 0 saturated carbocycles. The molecule has 0 aliphatic heterocycles. The van der Waals surface area contributed by atoms with Crippen LogP contribution in [-0.4, -0.2) is 15.7 Å². The van der Waals surface area contributed by atoms with Gasteiger partial charge in [0.15, 0.2) is 0 Å². The van der Waals surface area contributed by atoms with E-state index in [9.17, 15) is 9.18 Å². The summed E-state index contributed by atoms with van der Waals surface area (Å²) in [7, 11) is 0. The molecule has 5 nitrogen and oxygen atoms in total. The Morgan fingerprint density at radius 3 is 2.57 bits per heavy atom. The molecule has 4 aromatic rings. The standard InChI is InChI=1S/C24H20FN3O2/c25-21-11-9-18(10-12-21)15-28-16-22(14-26-28)27-24(29)20-6-4-5-19(13-20)17-30-23-7-2-1-3-8-23/h1-14,16H,15,17H2,(H,27,29). The van der Waals surface area contributed by atoms with Crippen molar-refractivity contribution < 1.29 is 13.9 Å². The average Bonchev–Trinajstić information content (AvgIpc) is 3.21. The predicted molar refractivity (Wildman–Crippen MR) is 113 cm³/mol. The highest BCUT2D eigenvalue weighted by molar-refractivity contribution is 6.04. The monoisotopic (exact) mass is 401 g/mol. The van der Waals surface area contributed by atoms with E-state index < -0.39 is 0 Å². The second-order valence-electron chi connectivity index (χ2n) is 6.81. The summed E-state index contributed by atoms with van der Waals surface area (Å²) in [6, 6.07) is 23.1. The van der Waals surface area contributed by atoms with Crippen LogP contribution in [0.25, 0.3) is 0 Å². The van der Waals surface area contributed by atoms with Crippen molar-refractivity contribution in [3.63, 3.8) is 0 Å². The number of hydrogen-bond donors (Lipinski definition) is 1. The van der Waals surface area contributed by atoms with Gasteiger partial charge in [0, 0.05) is 11.8 Å². The Morgan fingerprint density at radius 2 is 1.77 bits per heavy atom. The molecule has 0 bridgehead atoms. The summed E-state index contributed by atoms with van der Waals surface area (Å²) in [5, 5.41) is 7.10. The average molecular weight is 401 g/mol. The molecule has 1 N–H and O–H groups in total. The van der Waals surface area contributed by atoms with Gasteiger partial charge >= 0.3 is 0 Å². The first-order valence-electron chi connectivity index (χ1n) is 9.51. The van der Waals surface area contributed by atoms with Gasteiger partial charge in [-0.15, -0.1) is 0 Å². The first-order chi connectivity index (χ1) is 14.7. The van der Waals surface area contributed by atoms with Gasteiger partial charge in [-0.3, -0.25) is 9.48 Å². The third-order valence-corrected chi connectivity index (χ3v) is 4.49. The number of carbonyl (C=O) groups is 1. The van der Waals surface area contributed by atoms with Gasteiger partial charge in [0.05, 0.1) is 18.4 Å². The van der Waals surface area contributed by atoms with E-state index in [0.29, 0.717) is 24.4 Å². The maximum Gasteiger partial charge on any atom is 0.255 e. The Kier molecular flexibility index (Phi) is 5.85. The van der Waals surface area contributed by atoms with Gasteiger partial charge in [-0.1, -0.05) is 42.5 Å². The van der Waals surface area contributed by atoms with Gasteiger partial charge in [0.1, 0.15) is 18.2 Å². The minimum absolute atomic E-state index is 0.224. The molecule has 4 rings (SSSR count). The molecule has 0 aliphatic carbocycles. The van der Waals surface area contributed by atoms with Crippen LogP contribution in [0.15, 0.2) is 91.3 Å². The Hall–Kier alpha value is -3.93. The summed E-state index contributed by atoms with van der Waals surface area (Å²) in [6.45, 7) is 0.864. The maximum atomic E-state index is 13.0. The quantitative estimate of drug-likeness (QED) is 0.479. The molecular weight excluding hydrogens is 381 g/mol. The largest absolute Gasteiger partial charge is 0.489 e. The molecule has 1 heterocycles. The van der Waals surface area contributed by atoms with Gasteiger partial charge < -0.3 is 10.1 Å². The highest BCUT2D eigenvalue weighted by atomic mass is 19.1. The fraction of sp³-hybridized carbons (Fsp3) is 0.0833. The summed E-state index contributed by atoms with van der Waals surface area (Å²) < 4.78 is 20.5. The molecule has 0 unspecified atom stereocenters. The Bertz CT molecular complexity index is 1120. The fourth-order valence-electron chi connectivity index (χ4n) is 2.98. The minimum Gasteiger partial charge on any atom is -0.489 e. The summed E-state index contributed by atoms with van der Waals surface area (Å²) in [5.41, 5.74) is 2.95. The second kappa shape index (κ2) is 9.05. The number of carbonyl (C=O) groups excluding carboxylic acids is 1. The van der Waals surface area contributed by atoms with Crippen LogP contribution < -0.4 is 10.1 Å². The zero-order valence-corrected chi connectivity index (χ0v) is 16.2. The first-order valence-corrected chi connectivity index (χ1v) is 9.51. The number of ether oxygens (including phenoxy) is 1. The number of nitrogens with zero attached hydrogens (tertiary/aromatic N) is 2. The zero-order chi connectivity index (χ0) is 20.8. The summed E-state index contributed by atoms with van der Waals surface area (Å²) in [4.78, 5) is 12.6. The number of nitrogens with one attached hydrogen (secondary N) is 1. The number of rotatable bonds is 7. The van der Waals surface area contributed by atoms with Crippen molar-refractivity contribution in [2.75, 3.05) is 5.32 Å². The molecule has 0 spiro atoms. The predicted octanol–water partition coefficient (Wildman–Crippen LogP) is 4.90. The SMILES string of the molecule is O=C(Nc1cnn(Cc2ccc(F)cc2)c1)c1cccc(COc2ccccc2)c1. The van der Waals surface area contributed by atoms with Crippen LogP contribution in [0.3, 0.4) is 0 Å². The zero-order valence-electron chi connectivity index (χ0n) is 16.2. The van der Waals surface area contributed by atoms with E-state index in [1.165, 1.54) is 12.1 Å². The molecule has 30 heavy (non-hydrogen) atoms. The van der Waals surface area contributed by atoms with Crippen molar-refractivity contribution in [3.05, 3.63) is 114 Å². The molecule has 1 aromatic heterocycles. The van der Waals surface area contributed by atoms with E-state index in [2.05, 4.69) is 10.4 Å². The van der Waals surface area contributed by atoms with E-state index in [-0.39, 0.29) is 11.7 Å². The molecule has 1 amide bonds. The van der Waals surface area contributed by atoms with E-state index in [4.69, 9.17) is 4.74 Å². The van der Waals surface area contributed by atoms with Crippen molar-refractivity contribution in [1.82, 2.24) is 9.78 Å². The molecule has 0 aliphatic rings. The number of anilines is 1. The number of amides is 1. The van der Waals surface area contributed by atoms with Crippen molar-refractivity contribution in [3.8, 4) is 5.75 Å². The number of para-hydroxylation sites is 1. The maximum absolute atomic E-state index is 13.0.